The van der Waals surface area contributed by atoms with E-state index in [0.29, 0.717) is 17.9 Å². The van der Waals surface area contributed by atoms with E-state index in [0.717, 1.165) is 0 Å². The van der Waals surface area contributed by atoms with E-state index in [-0.39, 0.29) is 11.5 Å². The summed E-state index contributed by atoms with van der Waals surface area (Å²) in [7, 11) is 0. The van der Waals surface area contributed by atoms with Crippen LogP contribution in [0, 0.1) is 0 Å². The zero-order valence-electron chi connectivity index (χ0n) is 6.16. The minimum atomic E-state index is -0.261. The van der Waals surface area contributed by atoms with Crippen molar-refractivity contribution in [3.8, 4) is 0 Å². The van der Waals surface area contributed by atoms with Gasteiger partial charge in [-0.25, -0.2) is 4.98 Å². The van der Waals surface area contributed by atoms with Crippen LogP contribution in [0.3, 0.4) is 0 Å². The van der Waals surface area contributed by atoms with Gasteiger partial charge in [0.25, 0.3) is 5.56 Å². The Morgan fingerprint density at radius 3 is 3.25 bits per heavy atom. The fourth-order valence-corrected chi connectivity index (χ4v) is 1.04. The van der Waals surface area contributed by atoms with Crippen molar-refractivity contribution in [1.82, 2.24) is 9.97 Å². The first kappa shape index (κ1) is 6.84. The molecule has 4 N–H and O–H groups in total. The summed E-state index contributed by atoms with van der Waals surface area (Å²) >= 11 is 0. The Balaban J connectivity index is 2.65. The van der Waals surface area contributed by atoms with Crippen molar-refractivity contribution in [2.45, 2.75) is 6.54 Å². The third-order valence-electron chi connectivity index (χ3n) is 1.55. The summed E-state index contributed by atoms with van der Waals surface area (Å²) in [6, 6.07) is 0. The van der Waals surface area contributed by atoms with E-state index in [1.807, 2.05) is 0 Å². The largest absolute Gasteiger partial charge is 0.369 e. The lowest BCUT2D eigenvalue weighted by atomic mass is 10.3. The minimum Gasteiger partial charge on any atom is -0.369 e. The number of nitrogens with two attached hydrogens (primary N) is 1. The lowest BCUT2D eigenvalue weighted by Gasteiger charge is -2.09. The van der Waals surface area contributed by atoms with E-state index >= 15 is 0 Å². The van der Waals surface area contributed by atoms with Gasteiger partial charge in [-0.15, -0.1) is 0 Å². The number of nitrogen functional groups attached to an aromatic ring is 1. The fourth-order valence-electron chi connectivity index (χ4n) is 1.04. The lowest BCUT2D eigenvalue weighted by molar-refractivity contribution is 0.954. The summed E-state index contributed by atoms with van der Waals surface area (Å²) in [6.07, 6.45) is 1.47. The van der Waals surface area contributed by atoms with Gasteiger partial charge in [0, 0.05) is 0 Å². The molecule has 0 bridgehead atoms. The van der Waals surface area contributed by atoms with Gasteiger partial charge in [-0.3, -0.25) is 14.8 Å². The van der Waals surface area contributed by atoms with Crippen molar-refractivity contribution in [1.29, 1.82) is 0 Å². The number of H-pyrrole nitrogens is 1. The molecule has 1 aromatic rings. The highest BCUT2D eigenvalue weighted by molar-refractivity contribution is 5.78. The molecule has 6 heteroatoms. The molecule has 0 aromatic carbocycles. The van der Waals surface area contributed by atoms with Gasteiger partial charge in [0.05, 0.1) is 18.6 Å². The second-order valence-corrected chi connectivity index (χ2v) is 2.39. The van der Waals surface area contributed by atoms with Crippen LogP contribution in [0.2, 0.25) is 0 Å². The summed E-state index contributed by atoms with van der Waals surface area (Å²) in [5.41, 5.74) is 6.09. The van der Waals surface area contributed by atoms with E-state index in [4.69, 9.17) is 5.73 Å². The monoisotopic (exact) mass is 165 g/mol. The van der Waals surface area contributed by atoms with Gasteiger partial charge >= 0.3 is 0 Å². The molecule has 0 radical (unpaired) electrons. The first-order valence-electron chi connectivity index (χ1n) is 3.41. The Morgan fingerprint density at radius 1 is 1.58 bits per heavy atom. The molecule has 2 heterocycles. The third kappa shape index (κ3) is 0.931. The first-order chi connectivity index (χ1) is 5.77. The van der Waals surface area contributed by atoms with Crippen molar-refractivity contribution >= 4 is 18.0 Å². The first-order valence-corrected chi connectivity index (χ1v) is 3.41. The zero-order valence-corrected chi connectivity index (χ0v) is 6.16. The average Bonchev–Trinajstić information content (AvgIpc) is 2.04. The number of nitrogens with zero attached hydrogens (tertiary/aromatic N) is 2. The molecule has 6 nitrogen and oxygen atoms in total. The van der Waals surface area contributed by atoms with Crippen LogP contribution < -0.4 is 16.6 Å². The van der Waals surface area contributed by atoms with Crippen molar-refractivity contribution < 1.29 is 0 Å². The van der Waals surface area contributed by atoms with Gasteiger partial charge < -0.3 is 11.1 Å². The summed E-state index contributed by atoms with van der Waals surface area (Å²) in [5.74, 6) is 0.123. The molecule has 2 rings (SSSR count). The summed E-state index contributed by atoms with van der Waals surface area (Å²) in [4.78, 5) is 21.4. The Kier molecular flexibility index (Phi) is 1.33. The quantitative estimate of drug-likeness (QED) is 0.474. The van der Waals surface area contributed by atoms with Gasteiger partial charge in [-0.05, 0) is 0 Å². The van der Waals surface area contributed by atoms with Crippen LogP contribution in [0.4, 0.5) is 11.6 Å². The Labute approximate surface area is 67.5 Å². The second-order valence-electron chi connectivity index (χ2n) is 2.39. The predicted molar refractivity (Wildman–Crippen MR) is 45.1 cm³/mol. The van der Waals surface area contributed by atoms with Crippen LogP contribution in [0.1, 0.15) is 5.69 Å². The molecular weight excluding hydrogens is 158 g/mol. The van der Waals surface area contributed by atoms with E-state index in [2.05, 4.69) is 20.3 Å². The number of aromatic nitrogens is 2. The molecule has 1 aliphatic heterocycles. The number of fused-ring (bicyclic) bond motifs is 1. The van der Waals surface area contributed by atoms with Crippen LogP contribution in [0.25, 0.3) is 0 Å². The van der Waals surface area contributed by atoms with E-state index in [1.165, 1.54) is 6.34 Å². The van der Waals surface area contributed by atoms with Crippen LogP contribution >= 0.6 is 0 Å². The Bertz CT molecular complexity index is 393. The van der Waals surface area contributed by atoms with Gasteiger partial charge in [0.15, 0.2) is 0 Å². The maximum atomic E-state index is 11.2. The standard InChI is InChI=1S/C6H7N5O/c7-6-10-3-1-8-2-9-4(3)5(12)11-6/h2H,1H2,(H,8,9)(H3,7,10,11,12). The van der Waals surface area contributed by atoms with Crippen molar-refractivity contribution in [2.75, 3.05) is 11.1 Å². The molecule has 0 saturated carbocycles. The van der Waals surface area contributed by atoms with E-state index in [1.54, 1.807) is 0 Å². The normalized spacial score (nSPS) is 13.7. The number of hydrogen-bond donors (Lipinski definition) is 3. The molecule has 62 valence electrons. The SMILES string of the molecule is Nc1nc2c(c(=O)[nH]1)NC=NC2. The van der Waals surface area contributed by atoms with Crippen molar-refractivity contribution in [3.63, 3.8) is 0 Å². The van der Waals surface area contributed by atoms with Gasteiger partial charge in [-0.1, -0.05) is 0 Å². The molecule has 0 unspecified atom stereocenters. The highest BCUT2D eigenvalue weighted by Crippen LogP contribution is 2.10. The molecule has 1 aromatic heterocycles. The second kappa shape index (κ2) is 2.33. The molecule has 0 saturated heterocycles. The van der Waals surface area contributed by atoms with Crippen LogP contribution in [0.15, 0.2) is 9.79 Å². The highest BCUT2D eigenvalue weighted by Gasteiger charge is 2.11. The van der Waals surface area contributed by atoms with Crippen LogP contribution in [-0.4, -0.2) is 16.3 Å². The lowest BCUT2D eigenvalue weighted by Crippen LogP contribution is -2.21. The molecule has 1 aliphatic rings. The van der Waals surface area contributed by atoms with Gasteiger partial charge in [0.2, 0.25) is 5.95 Å². The topological polar surface area (TPSA) is 96.2 Å². The summed E-state index contributed by atoms with van der Waals surface area (Å²) in [5, 5.41) is 2.70. The molecule has 12 heavy (non-hydrogen) atoms. The fraction of sp³-hybridized carbons (Fsp3) is 0.167. The molecule has 0 amide bonds. The summed E-state index contributed by atoms with van der Waals surface area (Å²) < 4.78 is 0. The van der Waals surface area contributed by atoms with Gasteiger partial charge in [-0.2, -0.15) is 0 Å². The Morgan fingerprint density at radius 2 is 2.42 bits per heavy atom. The number of hydrogen-bond acceptors (Lipinski definition) is 5. The molecular formula is C6H7N5O. The van der Waals surface area contributed by atoms with E-state index in [9.17, 15) is 4.79 Å². The Hall–Kier alpha value is -1.85. The van der Waals surface area contributed by atoms with Crippen LogP contribution in [0.5, 0.6) is 0 Å². The number of aliphatic imine (C=N–C) groups is 1. The molecule has 0 atom stereocenters. The maximum Gasteiger partial charge on any atom is 0.276 e. The number of rotatable bonds is 0. The van der Waals surface area contributed by atoms with Crippen molar-refractivity contribution in [3.05, 3.63) is 16.0 Å². The minimum absolute atomic E-state index is 0.123. The third-order valence-corrected chi connectivity index (χ3v) is 1.55. The van der Waals surface area contributed by atoms with Gasteiger partial charge in [0.1, 0.15) is 5.69 Å². The highest BCUT2D eigenvalue weighted by atomic mass is 16.1. The predicted octanol–water partition coefficient (Wildman–Crippen LogP) is -0.694. The number of aromatic amines is 1. The maximum absolute atomic E-state index is 11.2. The van der Waals surface area contributed by atoms with E-state index < -0.39 is 0 Å². The molecule has 0 spiro atoms. The number of nitrogens with one attached hydrogen (secondary N) is 2. The zero-order chi connectivity index (χ0) is 8.55. The molecule has 0 aliphatic carbocycles. The summed E-state index contributed by atoms with van der Waals surface area (Å²) in [6.45, 7) is 0.399. The van der Waals surface area contributed by atoms with Crippen molar-refractivity contribution in [2.24, 2.45) is 4.99 Å². The average molecular weight is 165 g/mol. The smallest absolute Gasteiger partial charge is 0.276 e. The number of anilines is 2. The molecule has 0 fully saturated rings. The van der Waals surface area contributed by atoms with Crippen LogP contribution in [-0.2, 0) is 6.54 Å².